The van der Waals surface area contributed by atoms with Crippen LogP contribution < -0.4 is 4.74 Å². The summed E-state index contributed by atoms with van der Waals surface area (Å²) >= 11 is 0. The SMILES string of the molecule is O=C1/C(=C\n2ccc3ccccc32)Oc2ccccc21. The van der Waals surface area contributed by atoms with Crippen molar-refractivity contribution < 1.29 is 9.53 Å². The zero-order chi connectivity index (χ0) is 13.5. The minimum Gasteiger partial charge on any atom is -0.451 e. The van der Waals surface area contributed by atoms with Gasteiger partial charge in [0.1, 0.15) is 5.75 Å². The Balaban J connectivity index is 1.81. The van der Waals surface area contributed by atoms with Gasteiger partial charge in [-0.15, -0.1) is 0 Å². The van der Waals surface area contributed by atoms with Gasteiger partial charge in [-0.05, 0) is 29.7 Å². The summed E-state index contributed by atoms with van der Waals surface area (Å²) in [5, 5.41) is 1.13. The number of aromatic nitrogens is 1. The van der Waals surface area contributed by atoms with E-state index in [0.717, 1.165) is 10.9 Å². The number of fused-ring (bicyclic) bond motifs is 2. The van der Waals surface area contributed by atoms with Gasteiger partial charge in [-0.3, -0.25) is 4.79 Å². The molecule has 0 aliphatic carbocycles. The second kappa shape index (κ2) is 4.10. The Morgan fingerprint density at radius 3 is 2.65 bits per heavy atom. The van der Waals surface area contributed by atoms with E-state index >= 15 is 0 Å². The van der Waals surface area contributed by atoms with Gasteiger partial charge in [0, 0.05) is 6.20 Å². The van der Waals surface area contributed by atoms with E-state index < -0.39 is 0 Å². The number of nitrogens with zero attached hydrogens (tertiary/aromatic N) is 1. The van der Waals surface area contributed by atoms with Crippen molar-refractivity contribution in [1.29, 1.82) is 0 Å². The summed E-state index contributed by atoms with van der Waals surface area (Å²) in [5.74, 6) is 0.908. The smallest absolute Gasteiger partial charge is 0.233 e. The number of allylic oxidation sites excluding steroid dienone is 1. The zero-order valence-electron chi connectivity index (χ0n) is 10.6. The minimum atomic E-state index is -0.0709. The van der Waals surface area contributed by atoms with Gasteiger partial charge in [0.25, 0.3) is 0 Å². The molecule has 0 saturated heterocycles. The van der Waals surface area contributed by atoms with Crippen molar-refractivity contribution in [2.75, 3.05) is 0 Å². The highest BCUT2D eigenvalue weighted by Crippen LogP contribution is 2.31. The standard InChI is InChI=1S/C17H11NO2/c19-17-13-6-2-4-8-15(13)20-16(17)11-18-10-9-12-5-1-3-7-14(12)18/h1-11H/b16-11+. The first-order valence-electron chi connectivity index (χ1n) is 6.42. The lowest BCUT2D eigenvalue weighted by Gasteiger charge is -2.00. The van der Waals surface area contributed by atoms with Crippen LogP contribution in [0.4, 0.5) is 0 Å². The van der Waals surface area contributed by atoms with Gasteiger partial charge in [-0.2, -0.15) is 0 Å². The third-order valence-corrected chi connectivity index (χ3v) is 3.46. The molecule has 20 heavy (non-hydrogen) atoms. The molecule has 0 spiro atoms. The zero-order valence-corrected chi connectivity index (χ0v) is 10.6. The van der Waals surface area contributed by atoms with Crippen molar-refractivity contribution in [2.24, 2.45) is 0 Å². The maximum absolute atomic E-state index is 12.3. The number of hydrogen-bond donors (Lipinski definition) is 0. The largest absolute Gasteiger partial charge is 0.451 e. The Labute approximate surface area is 115 Å². The lowest BCUT2D eigenvalue weighted by molar-refractivity contribution is 0.101. The van der Waals surface area contributed by atoms with Gasteiger partial charge in [-0.1, -0.05) is 30.3 Å². The third-order valence-electron chi connectivity index (χ3n) is 3.46. The predicted molar refractivity (Wildman–Crippen MR) is 77.6 cm³/mol. The summed E-state index contributed by atoms with van der Waals surface area (Å²) in [6, 6.07) is 17.3. The highest BCUT2D eigenvalue weighted by molar-refractivity contribution is 6.13. The van der Waals surface area contributed by atoms with Gasteiger partial charge in [0.05, 0.1) is 17.3 Å². The van der Waals surface area contributed by atoms with Crippen LogP contribution in [0.3, 0.4) is 0 Å². The molecule has 96 valence electrons. The molecule has 0 fully saturated rings. The maximum Gasteiger partial charge on any atom is 0.233 e. The molecule has 0 unspecified atom stereocenters. The number of ketones is 1. The molecule has 3 heteroatoms. The van der Waals surface area contributed by atoms with Crippen molar-refractivity contribution in [3.8, 4) is 5.75 Å². The minimum absolute atomic E-state index is 0.0709. The number of hydrogen-bond acceptors (Lipinski definition) is 2. The molecule has 0 N–H and O–H groups in total. The van der Waals surface area contributed by atoms with Crippen LogP contribution >= 0.6 is 0 Å². The highest BCUT2D eigenvalue weighted by atomic mass is 16.5. The monoisotopic (exact) mass is 261 g/mol. The number of rotatable bonds is 1. The van der Waals surface area contributed by atoms with E-state index in [-0.39, 0.29) is 5.78 Å². The first-order chi connectivity index (χ1) is 9.83. The molecule has 0 saturated carbocycles. The summed E-state index contributed by atoms with van der Waals surface area (Å²) in [6.45, 7) is 0. The molecule has 0 atom stereocenters. The molecule has 1 aliphatic rings. The van der Waals surface area contributed by atoms with E-state index in [2.05, 4.69) is 0 Å². The highest BCUT2D eigenvalue weighted by Gasteiger charge is 2.26. The molecular weight excluding hydrogens is 250 g/mol. The molecule has 4 rings (SSSR count). The Morgan fingerprint density at radius 1 is 0.950 bits per heavy atom. The number of para-hydroxylation sites is 2. The number of ether oxygens (including phenoxy) is 1. The summed E-state index contributed by atoms with van der Waals surface area (Å²) < 4.78 is 7.54. The van der Waals surface area contributed by atoms with E-state index in [0.29, 0.717) is 17.1 Å². The fourth-order valence-corrected chi connectivity index (χ4v) is 2.47. The molecule has 1 aromatic heterocycles. The maximum atomic E-state index is 12.3. The van der Waals surface area contributed by atoms with Crippen molar-refractivity contribution in [1.82, 2.24) is 4.57 Å². The number of carbonyl (C=O) groups is 1. The Bertz CT molecular complexity index is 858. The number of carbonyl (C=O) groups excluding carboxylic acids is 1. The average Bonchev–Trinajstić information content (AvgIpc) is 3.03. The topological polar surface area (TPSA) is 31.2 Å². The summed E-state index contributed by atoms with van der Waals surface area (Å²) in [5.41, 5.74) is 1.67. The molecule has 3 nitrogen and oxygen atoms in total. The van der Waals surface area contributed by atoms with E-state index in [1.54, 1.807) is 12.3 Å². The van der Waals surface area contributed by atoms with Crippen LogP contribution in [0.5, 0.6) is 5.75 Å². The predicted octanol–water partition coefficient (Wildman–Crippen LogP) is 3.72. The van der Waals surface area contributed by atoms with Crippen LogP contribution in [-0.2, 0) is 0 Å². The van der Waals surface area contributed by atoms with Crippen LogP contribution in [0.2, 0.25) is 0 Å². The Hall–Kier alpha value is -2.81. The summed E-state index contributed by atoms with van der Waals surface area (Å²) in [7, 11) is 0. The van der Waals surface area contributed by atoms with Crippen LogP contribution in [0.25, 0.3) is 17.1 Å². The van der Waals surface area contributed by atoms with Gasteiger partial charge in [-0.25, -0.2) is 0 Å². The van der Waals surface area contributed by atoms with E-state index in [1.165, 1.54) is 0 Å². The first kappa shape index (κ1) is 11.1. The van der Waals surface area contributed by atoms with E-state index in [1.807, 2.05) is 59.3 Å². The van der Waals surface area contributed by atoms with Crippen LogP contribution in [0, 0.1) is 0 Å². The fraction of sp³-hybridized carbons (Fsp3) is 0. The van der Waals surface area contributed by atoms with Crippen molar-refractivity contribution in [3.05, 3.63) is 72.1 Å². The van der Waals surface area contributed by atoms with Gasteiger partial charge >= 0.3 is 0 Å². The lowest BCUT2D eigenvalue weighted by atomic mass is 10.1. The van der Waals surface area contributed by atoms with Gasteiger partial charge in [0.2, 0.25) is 5.78 Å². The molecule has 0 amide bonds. The molecule has 0 bridgehead atoms. The van der Waals surface area contributed by atoms with Gasteiger partial charge < -0.3 is 9.30 Å². The average molecular weight is 261 g/mol. The van der Waals surface area contributed by atoms with E-state index in [9.17, 15) is 4.79 Å². The second-order valence-corrected chi connectivity index (χ2v) is 4.70. The normalized spacial score (nSPS) is 15.6. The molecule has 1 aliphatic heterocycles. The van der Waals surface area contributed by atoms with Crippen LogP contribution in [-0.4, -0.2) is 10.4 Å². The number of Topliss-reactive ketones (excluding diaryl/α,β-unsaturated/α-hetero) is 1. The van der Waals surface area contributed by atoms with E-state index in [4.69, 9.17) is 4.74 Å². The van der Waals surface area contributed by atoms with Crippen molar-refractivity contribution >= 4 is 22.9 Å². The number of benzene rings is 2. The van der Waals surface area contributed by atoms with Crippen LogP contribution in [0.15, 0.2) is 66.6 Å². The molecule has 3 aromatic rings. The summed E-state index contributed by atoms with van der Waals surface area (Å²) in [4.78, 5) is 12.3. The third kappa shape index (κ3) is 1.57. The summed E-state index contributed by atoms with van der Waals surface area (Å²) in [6.07, 6.45) is 3.67. The van der Waals surface area contributed by atoms with Gasteiger partial charge in [0.15, 0.2) is 5.76 Å². The van der Waals surface area contributed by atoms with Crippen LogP contribution in [0.1, 0.15) is 10.4 Å². The molecule has 0 radical (unpaired) electrons. The fourth-order valence-electron chi connectivity index (χ4n) is 2.47. The van der Waals surface area contributed by atoms with Crippen molar-refractivity contribution in [2.45, 2.75) is 0 Å². The molecule has 2 aromatic carbocycles. The second-order valence-electron chi connectivity index (χ2n) is 4.70. The quantitative estimate of drug-likeness (QED) is 0.625. The molecular formula is C17H11NO2. The molecule has 2 heterocycles. The van der Waals surface area contributed by atoms with Crippen molar-refractivity contribution in [3.63, 3.8) is 0 Å². The lowest BCUT2D eigenvalue weighted by Crippen LogP contribution is -2.00. The first-order valence-corrected chi connectivity index (χ1v) is 6.42. The Kier molecular flexibility index (Phi) is 2.27. The Morgan fingerprint density at radius 2 is 1.75 bits per heavy atom.